The SMILES string of the molecule is O=c1c2c(ccn1-c1ccc(Cl)cc1)C1C(=NC=CC1NC1CC1)S2. The van der Waals surface area contributed by atoms with Gasteiger partial charge in [0, 0.05) is 35.2 Å². The molecule has 0 spiro atoms. The molecule has 1 N–H and O–H groups in total. The molecule has 4 nitrogen and oxygen atoms in total. The average molecular weight is 370 g/mol. The minimum atomic E-state index is 0.00657. The third-order valence-electron chi connectivity index (χ3n) is 4.85. The van der Waals surface area contributed by atoms with Crippen LogP contribution in [0.1, 0.15) is 24.3 Å². The van der Waals surface area contributed by atoms with Gasteiger partial charge in [0.15, 0.2) is 0 Å². The molecule has 3 aliphatic rings. The summed E-state index contributed by atoms with van der Waals surface area (Å²) in [6, 6.07) is 10.2. The van der Waals surface area contributed by atoms with Gasteiger partial charge in [0.05, 0.1) is 15.9 Å². The molecule has 0 radical (unpaired) electrons. The number of nitrogens with zero attached hydrogens (tertiary/aromatic N) is 2. The number of hydrogen-bond donors (Lipinski definition) is 1. The van der Waals surface area contributed by atoms with E-state index in [1.807, 2.05) is 24.5 Å². The van der Waals surface area contributed by atoms with E-state index in [0.717, 1.165) is 21.2 Å². The first-order chi connectivity index (χ1) is 12.2. The van der Waals surface area contributed by atoms with Crippen LogP contribution in [0, 0.1) is 0 Å². The molecule has 1 aromatic heterocycles. The zero-order valence-electron chi connectivity index (χ0n) is 13.4. The molecule has 1 saturated carbocycles. The van der Waals surface area contributed by atoms with Crippen LogP contribution in [-0.4, -0.2) is 21.7 Å². The number of thioether (sulfide) groups is 1. The smallest absolute Gasteiger partial charge is 0.269 e. The molecule has 2 aliphatic heterocycles. The average Bonchev–Trinajstić information content (AvgIpc) is 3.34. The topological polar surface area (TPSA) is 46.4 Å². The van der Waals surface area contributed by atoms with Crippen molar-refractivity contribution in [3.63, 3.8) is 0 Å². The van der Waals surface area contributed by atoms with E-state index >= 15 is 0 Å². The molecule has 126 valence electrons. The Bertz CT molecular complexity index is 960. The number of pyridine rings is 1. The first-order valence-corrected chi connectivity index (χ1v) is 9.60. The van der Waals surface area contributed by atoms with Crippen molar-refractivity contribution in [1.82, 2.24) is 9.88 Å². The number of fused-ring (bicyclic) bond motifs is 3. The molecule has 0 saturated heterocycles. The van der Waals surface area contributed by atoms with E-state index in [4.69, 9.17) is 11.6 Å². The van der Waals surface area contributed by atoms with Crippen LogP contribution >= 0.6 is 23.4 Å². The number of aromatic nitrogens is 1. The van der Waals surface area contributed by atoms with Crippen molar-refractivity contribution < 1.29 is 0 Å². The standard InChI is InChI=1S/C19H16ClN3OS/c20-11-1-5-13(6-2-11)23-10-8-14-16-15(22-12-3-4-12)7-9-21-18(16)25-17(14)19(23)24/h1-2,5-10,12,15-16,22H,3-4H2. The van der Waals surface area contributed by atoms with E-state index in [2.05, 4.69) is 22.5 Å². The second-order valence-electron chi connectivity index (χ2n) is 6.61. The first kappa shape index (κ1) is 15.4. The summed E-state index contributed by atoms with van der Waals surface area (Å²) >= 11 is 7.47. The monoisotopic (exact) mass is 369 g/mol. The van der Waals surface area contributed by atoms with Crippen molar-refractivity contribution in [3.8, 4) is 5.69 Å². The van der Waals surface area contributed by atoms with Crippen molar-refractivity contribution >= 4 is 28.4 Å². The summed E-state index contributed by atoms with van der Waals surface area (Å²) in [4.78, 5) is 18.4. The highest BCUT2D eigenvalue weighted by Gasteiger charge is 2.40. The molecule has 1 aromatic carbocycles. The van der Waals surface area contributed by atoms with Crippen LogP contribution in [0.4, 0.5) is 0 Å². The molecule has 2 atom stereocenters. The lowest BCUT2D eigenvalue weighted by molar-refractivity contribution is 0.557. The highest BCUT2D eigenvalue weighted by atomic mass is 35.5. The van der Waals surface area contributed by atoms with Crippen LogP contribution in [0.15, 0.2) is 63.5 Å². The van der Waals surface area contributed by atoms with Crippen LogP contribution < -0.4 is 10.9 Å². The van der Waals surface area contributed by atoms with Gasteiger partial charge in [-0.2, -0.15) is 0 Å². The van der Waals surface area contributed by atoms with Gasteiger partial charge in [-0.25, -0.2) is 0 Å². The Balaban J connectivity index is 1.56. The fraction of sp³-hybridized carbons (Fsp3) is 0.263. The molecular formula is C19H16ClN3OS. The molecule has 0 bridgehead atoms. The highest BCUT2D eigenvalue weighted by molar-refractivity contribution is 8.14. The third kappa shape index (κ3) is 2.67. The Morgan fingerprint density at radius 1 is 1.20 bits per heavy atom. The summed E-state index contributed by atoms with van der Waals surface area (Å²) in [6.07, 6.45) is 8.32. The minimum Gasteiger partial charge on any atom is -0.307 e. The number of halogens is 1. The lowest BCUT2D eigenvalue weighted by atomic mass is 9.91. The van der Waals surface area contributed by atoms with E-state index in [9.17, 15) is 4.79 Å². The second kappa shape index (κ2) is 5.87. The summed E-state index contributed by atoms with van der Waals surface area (Å²) in [5, 5.41) is 5.35. The number of aliphatic imine (C=N–C) groups is 1. The highest BCUT2D eigenvalue weighted by Crippen LogP contribution is 2.44. The van der Waals surface area contributed by atoms with E-state index < -0.39 is 0 Å². The summed E-state index contributed by atoms with van der Waals surface area (Å²) in [5.74, 6) is 0.151. The van der Waals surface area contributed by atoms with Gasteiger partial charge < -0.3 is 5.32 Å². The van der Waals surface area contributed by atoms with E-state index in [1.54, 1.807) is 16.7 Å². The lowest BCUT2D eigenvalue weighted by Gasteiger charge is -2.25. The second-order valence-corrected chi connectivity index (χ2v) is 8.07. The van der Waals surface area contributed by atoms with Crippen LogP contribution in [0.5, 0.6) is 0 Å². The lowest BCUT2D eigenvalue weighted by Crippen LogP contribution is -2.37. The van der Waals surface area contributed by atoms with Crippen LogP contribution in [0.2, 0.25) is 5.02 Å². The fourth-order valence-electron chi connectivity index (χ4n) is 3.43. The third-order valence-corrected chi connectivity index (χ3v) is 6.29. The van der Waals surface area contributed by atoms with E-state index in [1.165, 1.54) is 24.6 Å². The summed E-state index contributed by atoms with van der Waals surface area (Å²) < 4.78 is 1.68. The Hall–Kier alpha value is -1.82. The summed E-state index contributed by atoms with van der Waals surface area (Å²) in [7, 11) is 0. The van der Waals surface area contributed by atoms with Crippen molar-refractivity contribution in [1.29, 1.82) is 0 Å². The Morgan fingerprint density at radius 2 is 2.00 bits per heavy atom. The summed E-state index contributed by atoms with van der Waals surface area (Å²) in [5.41, 5.74) is 1.91. The zero-order valence-corrected chi connectivity index (χ0v) is 14.9. The van der Waals surface area contributed by atoms with Crippen molar-refractivity contribution in [2.45, 2.75) is 35.7 Å². The van der Waals surface area contributed by atoms with Gasteiger partial charge in [0.1, 0.15) is 0 Å². The van der Waals surface area contributed by atoms with Gasteiger partial charge in [0.2, 0.25) is 0 Å². The molecule has 3 heterocycles. The number of nitrogens with one attached hydrogen (secondary N) is 1. The fourth-order valence-corrected chi connectivity index (χ4v) is 4.78. The predicted molar refractivity (Wildman–Crippen MR) is 102 cm³/mol. The Labute approximate surface area is 154 Å². The predicted octanol–water partition coefficient (Wildman–Crippen LogP) is 3.73. The maximum absolute atomic E-state index is 13.0. The molecule has 2 aromatic rings. The normalized spacial score (nSPS) is 24.0. The summed E-state index contributed by atoms with van der Waals surface area (Å²) in [6.45, 7) is 0. The molecule has 5 rings (SSSR count). The van der Waals surface area contributed by atoms with Crippen LogP contribution in [0.3, 0.4) is 0 Å². The van der Waals surface area contributed by atoms with Crippen LogP contribution in [0.25, 0.3) is 5.69 Å². The quantitative estimate of drug-likeness (QED) is 0.896. The van der Waals surface area contributed by atoms with Gasteiger partial charge in [-0.05, 0) is 54.8 Å². The maximum atomic E-state index is 13.0. The molecule has 0 amide bonds. The van der Waals surface area contributed by atoms with Crippen molar-refractivity contribution in [3.05, 3.63) is 69.7 Å². The molecule has 2 unspecified atom stereocenters. The molecule has 6 heteroatoms. The van der Waals surface area contributed by atoms with Gasteiger partial charge in [-0.3, -0.25) is 14.4 Å². The zero-order chi connectivity index (χ0) is 17.0. The number of hydrogen-bond acceptors (Lipinski definition) is 4. The molecular weight excluding hydrogens is 354 g/mol. The molecule has 1 fully saturated rings. The van der Waals surface area contributed by atoms with Gasteiger partial charge in [0.25, 0.3) is 5.56 Å². The molecule has 25 heavy (non-hydrogen) atoms. The van der Waals surface area contributed by atoms with E-state index in [-0.39, 0.29) is 17.5 Å². The largest absolute Gasteiger partial charge is 0.307 e. The minimum absolute atomic E-state index is 0.00657. The van der Waals surface area contributed by atoms with Gasteiger partial charge in [-0.1, -0.05) is 23.4 Å². The first-order valence-electron chi connectivity index (χ1n) is 8.40. The maximum Gasteiger partial charge on any atom is 0.269 e. The Morgan fingerprint density at radius 3 is 2.76 bits per heavy atom. The molecule has 1 aliphatic carbocycles. The van der Waals surface area contributed by atoms with Gasteiger partial charge >= 0.3 is 0 Å². The van der Waals surface area contributed by atoms with Gasteiger partial charge in [-0.15, -0.1) is 0 Å². The van der Waals surface area contributed by atoms with Crippen LogP contribution in [-0.2, 0) is 0 Å². The number of rotatable bonds is 3. The van der Waals surface area contributed by atoms with Crippen molar-refractivity contribution in [2.24, 2.45) is 4.99 Å². The number of benzene rings is 1. The van der Waals surface area contributed by atoms with Crippen molar-refractivity contribution in [2.75, 3.05) is 0 Å². The Kier molecular flexibility index (Phi) is 3.62. The van der Waals surface area contributed by atoms with E-state index in [0.29, 0.717) is 11.1 Å².